The second kappa shape index (κ2) is 6.39. The van der Waals surface area contributed by atoms with Crippen LogP contribution in [-0.2, 0) is 14.9 Å². The maximum absolute atomic E-state index is 12.6. The molecule has 5 nitrogen and oxygen atoms in total. The molecular weight excluding hydrogens is 360 g/mol. The molecular formula is C10H7Cl2F3O5S. The van der Waals surface area contributed by atoms with Crippen molar-refractivity contribution in [2.45, 2.75) is 12.3 Å². The third-order valence-electron chi connectivity index (χ3n) is 2.13. The minimum absolute atomic E-state index is 0.141. The van der Waals surface area contributed by atoms with Crippen molar-refractivity contribution in [2.24, 2.45) is 0 Å². The van der Waals surface area contributed by atoms with Gasteiger partial charge in [0.1, 0.15) is 5.75 Å². The minimum atomic E-state index is -5.18. The minimum Gasteiger partial charge on any atom is -0.448 e. The first-order valence-electron chi connectivity index (χ1n) is 5.08. The molecule has 1 unspecified atom stereocenters. The van der Waals surface area contributed by atoms with E-state index >= 15 is 0 Å². The first-order chi connectivity index (χ1) is 9.40. The van der Waals surface area contributed by atoms with E-state index in [1.807, 2.05) is 0 Å². The number of ether oxygens (including phenoxy) is 1. The van der Waals surface area contributed by atoms with Crippen LogP contribution < -0.4 is 0 Å². The number of rotatable bonds is 4. The molecule has 0 aliphatic heterocycles. The van der Waals surface area contributed by atoms with Crippen LogP contribution in [0.3, 0.4) is 0 Å². The van der Waals surface area contributed by atoms with Crippen LogP contribution in [0.15, 0.2) is 18.2 Å². The summed E-state index contributed by atoms with van der Waals surface area (Å²) >= 11 is 11.2. The van der Waals surface area contributed by atoms with E-state index in [1.54, 1.807) is 0 Å². The first-order valence-corrected chi connectivity index (χ1v) is 7.44. The van der Waals surface area contributed by atoms with Crippen molar-refractivity contribution in [3.63, 3.8) is 0 Å². The molecule has 0 saturated heterocycles. The first kappa shape index (κ1) is 18.0. The Bertz CT molecular complexity index is 645. The zero-order chi connectivity index (χ0) is 16.4. The highest BCUT2D eigenvalue weighted by Gasteiger charge is 2.45. The van der Waals surface area contributed by atoms with Gasteiger partial charge in [-0.15, -0.1) is 0 Å². The van der Waals surface area contributed by atoms with Crippen LogP contribution in [0.5, 0.6) is 0 Å². The third-order valence-corrected chi connectivity index (χ3v) is 3.40. The van der Waals surface area contributed by atoms with E-state index in [4.69, 9.17) is 27.8 Å². The lowest BCUT2D eigenvalue weighted by Crippen LogP contribution is -2.39. The topological polar surface area (TPSA) is 80.7 Å². The molecule has 1 N–H and O–H groups in total. The average Bonchev–Trinajstić information content (AvgIpc) is 2.24. The number of halogens is 5. The fraction of sp³-hybridized carbons (Fsp3) is 0.300. The molecule has 0 aromatic heterocycles. The quantitative estimate of drug-likeness (QED) is 0.654. The summed E-state index contributed by atoms with van der Waals surface area (Å²) < 4.78 is 71.4. The predicted molar refractivity (Wildman–Crippen MR) is 68.1 cm³/mol. The zero-order valence-electron chi connectivity index (χ0n) is 9.89. The molecule has 1 rings (SSSR count). The number of hydrogen-bond donors (Lipinski definition) is 1. The van der Waals surface area contributed by atoms with Crippen molar-refractivity contribution in [3.8, 4) is 0 Å². The van der Waals surface area contributed by atoms with Crippen molar-refractivity contribution in [3.05, 3.63) is 33.8 Å². The summed E-state index contributed by atoms with van der Waals surface area (Å²) in [4.78, 5) is 11.6. The van der Waals surface area contributed by atoms with Gasteiger partial charge in [-0.05, 0) is 18.2 Å². The highest BCUT2D eigenvalue weighted by atomic mass is 35.5. The molecule has 0 fully saturated rings. The van der Waals surface area contributed by atoms with E-state index < -0.39 is 39.7 Å². The van der Waals surface area contributed by atoms with E-state index in [0.29, 0.717) is 0 Å². The van der Waals surface area contributed by atoms with Crippen LogP contribution in [0, 0.1) is 0 Å². The van der Waals surface area contributed by atoms with Crippen LogP contribution >= 0.6 is 23.2 Å². The molecule has 0 aliphatic carbocycles. The number of hydrogen-bond acceptors (Lipinski definition) is 4. The lowest BCUT2D eigenvalue weighted by molar-refractivity contribution is -0.197. The smallest absolute Gasteiger partial charge is 0.426 e. The number of esters is 1. The highest BCUT2D eigenvalue weighted by molar-refractivity contribution is 7.85. The van der Waals surface area contributed by atoms with Gasteiger partial charge in [0, 0.05) is 5.02 Å². The Balaban J connectivity index is 3.01. The second-order valence-electron chi connectivity index (χ2n) is 3.81. The SMILES string of the molecule is O=C(OC(CS(=O)(=O)O)C(F)(F)F)c1ccc(Cl)cc1Cl. The van der Waals surface area contributed by atoms with E-state index in [2.05, 4.69) is 4.74 Å². The zero-order valence-corrected chi connectivity index (χ0v) is 12.2. The summed E-state index contributed by atoms with van der Waals surface area (Å²) in [5.74, 6) is -3.31. The van der Waals surface area contributed by atoms with Gasteiger partial charge in [-0.2, -0.15) is 21.6 Å². The second-order valence-corrected chi connectivity index (χ2v) is 6.15. The van der Waals surface area contributed by atoms with Gasteiger partial charge in [0.15, 0.2) is 0 Å². The molecule has 0 heterocycles. The van der Waals surface area contributed by atoms with Gasteiger partial charge >= 0.3 is 12.1 Å². The van der Waals surface area contributed by atoms with Gasteiger partial charge in [0.25, 0.3) is 10.1 Å². The summed E-state index contributed by atoms with van der Waals surface area (Å²) in [6.07, 6.45) is -8.20. The van der Waals surface area contributed by atoms with Gasteiger partial charge in [-0.25, -0.2) is 4.79 Å². The van der Waals surface area contributed by atoms with Gasteiger partial charge in [-0.3, -0.25) is 4.55 Å². The van der Waals surface area contributed by atoms with Crippen molar-refractivity contribution in [1.29, 1.82) is 0 Å². The molecule has 21 heavy (non-hydrogen) atoms. The number of carbonyl (C=O) groups excluding carboxylic acids is 1. The van der Waals surface area contributed by atoms with Crippen molar-refractivity contribution in [2.75, 3.05) is 5.75 Å². The standard InChI is InChI=1S/C10H7Cl2F3O5S/c11-5-1-2-6(7(12)3-5)9(16)20-8(10(13,14)15)4-21(17,18)19/h1-3,8H,4H2,(H,17,18,19). The monoisotopic (exact) mass is 366 g/mol. The Hall–Kier alpha value is -1.03. The van der Waals surface area contributed by atoms with Crippen LogP contribution in [0.1, 0.15) is 10.4 Å². The van der Waals surface area contributed by atoms with Crippen molar-refractivity contribution in [1.82, 2.24) is 0 Å². The van der Waals surface area contributed by atoms with Crippen LogP contribution in [-0.4, -0.2) is 37.0 Å². The third kappa shape index (κ3) is 5.70. The average molecular weight is 367 g/mol. The Morgan fingerprint density at radius 2 is 1.90 bits per heavy atom. The maximum Gasteiger partial charge on any atom is 0.426 e. The summed E-state index contributed by atoms with van der Waals surface area (Å²) in [7, 11) is -5.00. The number of carbonyl (C=O) groups is 1. The number of benzene rings is 1. The van der Waals surface area contributed by atoms with Crippen molar-refractivity contribution < 1.29 is 35.7 Å². The molecule has 1 atom stereocenters. The Morgan fingerprint density at radius 3 is 2.33 bits per heavy atom. The van der Waals surface area contributed by atoms with E-state index in [1.165, 1.54) is 6.07 Å². The van der Waals surface area contributed by atoms with Crippen LogP contribution in [0.25, 0.3) is 0 Å². The number of alkyl halides is 3. The normalized spacial score (nSPS) is 13.8. The maximum atomic E-state index is 12.6. The predicted octanol–water partition coefficient (Wildman–Crippen LogP) is 2.97. The van der Waals surface area contributed by atoms with Gasteiger partial charge in [0.05, 0.1) is 10.6 Å². The fourth-order valence-electron chi connectivity index (χ4n) is 1.23. The molecule has 0 aliphatic rings. The van der Waals surface area contributed by atoms with E-state index in [-0.39, 0.29) is 10.0 Å². The Morgan fingerprint density at radius 1 is 1.33 bits per heavy atom. The van der Waals surface area contributed by atoms with Gasteiger partial charge < -0.3 is 4.74 Å². The molecule has 0 saturated carbocycles. The summed E-state index contributed by atoms with van der Waals surface area (Å²) in [5, 5.41) is -0.123. The largest absolute Gasteiger partial charge is 0.448 e. The molecule has 118 valence electrons. The molecule has 0 amide bonds. The summed E-state index contributed by atoms with van der Waals surface area (Å²) in [5.41, 5.74) is -0.425. The van der Waals surface area contributed by atoms with Crippen LogP contribution in [0.2, 0.25) is 10.0 Å². The molecule has 0 spiro atoms. The van der Waals surface area contributed by atoms with Gasteiger partial charge in [0.2, 0.25) is 6.10 Å². The van der Waals surface area contributed by atoms with E-state index in [9.17, 15) is 26.4 Å². The molecule has 11 heteroatoms. The lowest BCUT2D eigenvalue weighted by atomic mass is 10.2. The van der Waals surface area contributed by atoms with E-state index in [0.717, 1.165) is 12.1 Å². The molecule has 0 radical (unpaired) electrons. The Kier molecular flexibility index (Phi) is 5.48. The Labute approximate surface area is 127 Å². The van der Waals surface area contributed by atoms with Crippen molar-refractivity contribution >= 4 is 39.3 Å². The lowest BCUT2D eigenvalue weighted by Gasteiger charge is -2.19. The summed E-state index contributed by atoms with van der Waals surface area (Å²) in [6.45, 7) is 0. The molecule has 1 aromatic carbocycles. The fourth-order valence-corrected chi connectivity index (χ4v) is 2.36. The highest BCUT2D eigenvalue weighted by Crippen LogP contribution is 2.27. The van der Waals surface area contributed by atoms with Crippen LogP contribution in [0.4, 0.5) is 13.2 Å². The molecule has 0 bridgehead atoms. The molecule has 1 aromatic rings. The van der Waals surface area contributed by atoms with Gasteiger partial charge in [-0.1, -0.05) is 23.2 Å². The summed E-state index contributed by atoms with van der Waals surface area (Å²) in [6, 6.07) is 3.31.